The van der Waals surface area contributed by atoms with Crippen LogP contribution in [0.3, 0.4) is 0 Å². The molecule has 2 aromatic rings. The van der Waals surface area contributed by atoms with Gasteiger partial charge in [0.2, 0.25) is 0 Å². The lowest BCUT2D eigenvalue weighted by atomic mass is 10.2. The molecule has 0 N–H and O–H groups in total. The lowest BCUT2D eigenvalue weighted by Gasteiger charge is -2.13. The van der Waals surface area contributed by atoms with Crippen molar-refractivity contribution in [1.82, 2.24) is 0 Å². The third-order valence-corrected chi connectivity index (χ3v) is 5.03. The molecule has 1 aliphatic rings. The van der Waals surface area contributed by atoms with Gasteiger partial charge in [-0.1, -0.05) is 36.1 Å². The maximum absolute atomic E-state index is 12.5. The fourth-order valence-corrected chi connectivity index (χ4v) is 3.96. The molecule has 1 amide bonds. The molecule has 0 radical (unpaired) electrons. The number of anilines is 1. The Hall–Kier alpha value is -2.03. The van der Waals surface area contributed by atoms with Crippen LogP contribution < -0.4 is 4.90 Å². The van der Waals surface area contributed by atoms with Gasteiger partial charge in [0.05, 0.1) is 15.5 Å². The summed E-state index contributed by atoms with van der Waals surface area (Å²) in [6.07, 6.45) is 1.78. The second-order valence-corrected chi connectivity index (χ2v) is 6.96. The van der Waals surface area contributed by atoms with Gasteiger partial charge >= 0.3 is 0 Å². The smallest absolute Gasteiger partial charge is 0.268 e. The molecule has 0 atom stereocenters. The summed E-state index contributed by atoms with van der Waals surface area (Å²) in [7, 11) is 0. The molecule has 0 spiro atoms. The Morgan fingerprint density at radius 2 is 2.09 bits per heavy atom. The second-order valence-electron chi connectivity index (χ2n) is 4.31. The minimum absolute atomic E-state index is 0.0752. The summed E-state index contributed by atoms with van der Waals surface area (Å²) in [6, 6.07) is 9.70. The number of carbonyl (C=O) groups excluding carboxylic acids is 1. The number of hydrogen-bond donors (Lipinski definition) is 0. The lowest BCUT2D eigenvalue weighted by Crippen LogP contribution is -2.27. The van der Waals surface area contributed by atoms with Gasteiger partial charge in [-0.2, -0.15) is 0 Å². The zero-order valence-electron chi connectivity index (χ0n) is 11.0. The number of thiocarbonyl (C=S) groups is 1. The van der Waals surface area contributed by atoms with E-state index < -0.39 is 4.92 Å². The van der Waals surface area contributed by atoms with Gasteiger partial charge in [-0.15, -0.1) is 11.3 Å². The Morgan fingerprint density at radius 3 is 2.77 bits per heavy atom. The van der Waals surface area contributed by atoms with E-state index in [0.717, 1.165) is 4.88 Å². The molecule has 0 bridgehead atoms. The van der Waals surface area contributed by atoms with Crippen molar-refractivity contribution in [2.45, 2.75) is 0 Å². The van der Waals surface area contributed by atoms with Crippen LogP contribution in [0.5, 0.6) is 0 Å². The summed E-state index contributed by atoms with van der Waals surface area (Å²) in [5.41, 5.74) is 0.333. The quantitative estimate of drug-likeness (QED) is 0.362. The summed E-state index contributed by atoms with van der Waals surface area (Å²) < 4.78 is 0.369. The number of thioether (sulfide) groups is 1. The number of nitro groups is 1. The summed E-state index contributed by atoms with van der Waals surface area (Å²) in [4.78, 5) is 25.7. The van der Waals surface area contributed by atoms with Crippen LogP contribution in [0.25, 0.3) is 6.08 Å². The first-order valence-electron chi connectivity index (χ1n) is 6.12. The van der Waals surface area contributed by atoms with Gasteiger partial charge in [-0.05, 0) is 23.6 Å². The maximum Gasteiger partial charge on any atom is 0.271 e. The standard InChI is InChI=1S/C14H8N2O3S3/c17-13-12(8-11-5-2-6-21-11)22-14(20)15(13)9-3-1-4-10(7-9)16(18)19/h1-8H/b12-8+. The fourth-order valence-electron chi connectivity index (χ4n) is 1.94. The van der Waals surface area contributed by atoms with E-state index in [1.54, 1.807) is 12.1 Å². The Bertz CT molecular complexity index is 799. The number of thiophene rings is 1. The Morgan fingerprint density at radius 1 is 1.27 bits per heavy atom. The average molecular weight is 348 g/mol. The number of carbonyl (C=O) groups is 1. The van der Waals surface area contributed by atoms with Gasteiger partial charge in [0.25, 0.3) is 11.6 Å². The van der Waals surface area contributed by atoms with Gasteiger partial charge in [0.1, 0.15) is 0 Å². The summed E-state index contributed by atoms with van der Waals surface area (Å²) in [6.45, 7) is 0. The zero-order chi connectivity index (χ0) is 15.7. The normalized spacial score (nSPS) is 16.5. The number of non-ortho nitro benzene ring substituents is 1. The molecule has 1 fully saturated rings. The molecule has 22 heavy (non-hydrogen) atoms. The van der Waals surface area contributed by atoms with E-state index in [0.29, 0.717) is 14.9 Å². The van der Waals surface area contributed by atoms with Crippen LogP contribution in [0, 0.1) is 10.1 Å². The number of nitrogens with zero attached hydrogens (tertiary/aromatic N) is 2. The number of rotatable bonds is 3. The third-order valence-electron chi connectivity index (χ3n) is 2.91. The van der Waals surface area contributed by atoms with Crippen LogP contribution >= 0.6 is 35.3 Å². The minimum atomic E-state index is -0.497. The van der Waals surface area contributed by atoms with Crippen molar-refractivity contribution in [2.75, 3.05) is 4.90 Å². The van der Waals surface area contributed by atoms with Crippen molar-refractivity contribution < 1.29 is 9.72 Å². The Labute approximate surface area is 139 Å². The zero-order valence-corrected chi connectivity index (χ0v) is 13.4. The van der Waals surface area contributed by atoms with E-state index in [4.69, 9.17) is 12.2 Å². The van der Waals surface area contributed by atoms with Crippen LogP contribution in [-0.4, -0.2) is 15.2 Å². The minimum Gasteiger partial charge on any atom is -0.268 e. The van der Waals surface area contributed by atoms with Crippen LogP contribution in [0.1, 0.15) is 4.88 Å². The van der Waals surface area contributed by atoms with Crippen molar-refractivity contribution in [3.63, 3.8) is 0 Å². The van der Waals surface area contributed by atoms with E-state index >= 15 is 0 Å². The number of benzene rings is 1. The van der Waals surface area contributed by atoms with Gasteiger partial charge in [0, 0.05) is 17.0 Å². The number of hydrogen-bond acceptors (Lipinski definition) is 6. The topological polar surface area (TPSA) is 63.5 Å². The lowest BCUT2D eigenvalue weighted by molar-refractivity contribution is -0.384. The molecular formula is C14H8N2O3S3. The van der Waals surface area contributed by atoms with E-state index in [2.05, 4.69) is 0 Å². The highest BCUT2D eigenvalue weighted by atomic mass is 32.2. The molecule has 0 saturated carbocycles. The Balaban J connectivity index is 1.95. The van der Waals surface area contributed by atoms with Crippen molar-refractivity contribution in [1.29, 1.82) is 0 Å². The van der Waals surface area contributed by atoms with E-state index in [1.165, 1.54) is 46.2 Å². The first kappa shape index (κ1) is 14.9. The predicted molar refractivity (Wildman–Crippen MR) is 93.1 cm³/mol. The van der Waals surface area contributed by atoms with Crippen LogP contribution in [-0.2, 0) is 4.79 Å². The maximum atomic E-state index is 12.5. The molecule has 110 valence electrons. The van der Waals surface area contributed by atoms with Crippen molar-refractivity contribution >= 4 is 63.0 Å². The van der Waals surface area contributed by atoms with Gasteiger partial charge in [-0.3, -0.25) is 19.8 Å². The van der Waals surface area contributed by atoms with E-state index in [9.17, 15) is 14.9 Å². The predicted octanol–water partition coefficient (Wildman–Crippen LogP) is 4.06. The molecular weight excluding hydrogens is 340 g/mol. The molecule has 2 heterocycles. The first-order chi connectivity index (χ1) is 10.6. The fraction of sp³-hybridized carbons (Fsp3) is 0. The van der Waals surface area contributed by atoms with Crippen molar-refractivity contribution in [3.05, 3.63) is 61.7 Å². The number of amides is 1. The van der Waals surface area contributed by atoms with Gasteiger partial charge in [-0.25, -0.2) is 0 Å². The van der Waals surface area contributed by atoms with Crippen LogP contribution in [0.15, 0.2) is 46.7 Å². The highest BCUT2D eigenvalue weighted by Crippen LogP contribution is 2.37. The van der Waals surface area contributed by atoms with Gasteiger partial charge in [0.15, 0.2) is 4.32 Å². The number of nitro benzene ring substituents is 1. The van der Waals surface area contributed by atoms with E-state index in [-0.39, 0.29) is 11.6 Å². The molecule has 1 aromatic carbocycles. The molecule has 1 aromatic heterocycles. The molecule has 5 nitrogen and oxygen atoms in total. The van der Waals surface area contributed by atoms with Crippen molar-refractivity contribution in [2.24, 2.45) is 0 Å². The molecule has 1 aliphatic heterocycles. The molecule has 3 rings (SSSR count). The molecule has 0 aliphatic carbocycles. The second kappa shape index (κ2) is 5.99. The average Bonchev–Trinajstić information content (AvgIpc) is 3.08. The van der Waals surface area contributed by atoms with E-state index in [1.807, 2.05) is 17.5 Å². The summed E-state index contributed by atoms with van der Waals surface area (Å²) >= 11 is 7.96. The SMILES string of the molecule is O=C1/C(=C\c2cccs2)SC(=S)N1c1cccc([N+](=O)[O-])c1. The molecule has 0 unspecified atom stereocenters. The van der Waals surface area contributed by atoms with Crippen LogP contribution in [0.4, 0.5) is 11.4 Å². The first-order valence-corrected chi connectivity index (χ1v) is 8.22. The molecule has 8 heteroatoms. The third kappa shape index (κ3) is 2.80. The highest BCUT2D eigenvalue weighted by molar-refractivity contribution is 8.27. The van der Waals surface area contributed by atoms with Crippen LogP contribution in [0.2, 0.25) is 0 Å². The monoisotopic (exact) mass is 348 g/mol. The highest BCUT2D eigenvalue weighted by Gasteiger charge is 2.33. The summed E-state index contributed by atoms with van der Waals surface area (Å²) in [5, 5.41) is 12.8. The molecule has 1 saturated heterocycles. The summed E-state index contributed by atoms with van der Waals surface area (Å²) in [5.74, 6) is -0.260. The largest absolute Gasteiger partial charge is 0.271 e. The van der Waals surface area contributed by atoms with Gasteiger partial charge < -0.3 is 0 Å². The van der Waals surface area contributed by atoms with Crippen molar-refractivity contribution in [3.8, 4) is 0 Å². The Kier molecular flexibility index (Phi) is 4.06.